The van der Waals surface area contributed by atoms with Crippen LogP contribution >= 0.6 is 0 Å². The molecular formula is C14H24N4. The summed E-state index contributed by atoms with van der Waals surface area (Å²) in [5.41, 5.74) is 3.31. The van der Waals surface area contributed by atoms with E-state index in [2.05, 4.69) is 28.8 Å². The number of nitrogens with zero attached hydrogens (tertiary/aromatic N) is 3. The largest absolute Gasteiger partial charge is 0.340 e. The average molecular weight is 248 g/mol. The fourth-order valence-corrected chi connectivity index (χ4v) is 1.71. The lowest BCUT2D eigenvalue weighted by molar-refractivity contribution is 0.668. The quantitative estimate of drug-likeness (QED) is 0.594. The Morgan fingerprint density at radius 2 is 2.22 bits per heavy atom. The van der Waals surface area contributed by atoms with E-state index in [1.807, 2.05) is 32.0 Å². The van der Waals surface area contributed by atoms with E-state index in [0.29, 0.717) is 0 Å². The van der Waals surface area contributed by atoms with Crippen molar-refractivity contribution in [3.05, 3.63) is 29.6 Å². The first-order chi connectivity index (χ1) is 8.54. The molecule has 0 unspecified atom stereocenters. The van der Waals surface area contributed by atoms with Crippen LogP contribution in [0.4, 0.5) is 5.95 Å². The number of nitrogens with one attached hydrogen (secondary N) is 1. The maximum atomic E-state index is 4.54. The minimum atomic E-state index is 0.759. The highest BCUT2D eigenvalue weighted by atomic mass is 15.2. The Hall–Kier alpha value is -1.42. The number of hydrogen-bond donors (Lipinski definition) is 1. The van der Waals surface area contributed by atoms with Gasteiger partial charge in [-0.1, -0.05) is 19.1 Å². The standard InChI is InChI=1S/C14H24N4/c1-6-7-15-8-13-9-16-14(17-12(13)4)18(5)10-11(2)3/h9,15H,2,6-8,10H2,1,3-5H3. The Kier molecular flexibility index (Phi) is 5.78. The van der Waals surface area contributed by atoms with Crippen molar-refractivity contribution in [2.75, 3.05) is 25.0 Å². The fourth-order valence-electron chi connectivity index (χ4n) is 1.71. The first-order valence-electron chi connectivity index (χ1n) is 6.43. The molecule has 1 heterocycles. The van der Waals surface area contributed by atoms with Gasteiger partial charge < -0.3 is 10.2 Å². The Bertz CT molecular complexity index is 401. The van der Waals surface area contributed by atoms with Crippen LogP contribution in [-0.2, 0) is 6.54 Å². The highest BCUT2D eigenvalue weighted by Gasteiger charge is 2.07. The van der Waals surface area contributed by atoms with Gasteiger partial charge in [-0.15, -0.1) is 0 Å². The number of hydrogen-bond acceptors (Lipinski definition) is 4. The highest BCUT2D eigenvalue weighted by Crippen LogP contribution is 2.10. The summed E-state index contributed by atoms with van der Waals surface area (Å²) in [7, 11) is 1.98. The summed E-state index contributed by atoms with van der Waals surface area (Å²) in [5.74, 6) is 0.759. The van der Waals surface area contributed by atoms with Crippen LogP contribution in [0.1, 0.15) is 31.5 Å². The molecule has 0 aliphatic carbocycles. The molecule has 1 N–H and O–H groups in total. The molecule has 0 amide bonds. The molecule has 4 heteroatoms. The van der Waals surface area contributed by atoms with Crippen LogP contribution in [-0.4, -0.2) is 30.1 Å². The molecule has 18 heavy (non-hydrogen) atoms. The molecule has 100 valence electrons. The Labute approximate surface area is 110 Å². The Morgan fingerprint density at radius 1 is 1.50 bits per heavy atom. The molecule has 0 spiro atoms. The van der Waals surface area contributed by atoms with Crippen molar-refractivity contribution >= 4 is 5.95 Å². The van der Waals surface area contributed by atoms with E-state index in [4.69, 9.17) is 0 Å². The van der Waals surface area contributed by atoms with Crippen LogP contribution in [0.5, 0.6) is 0 Å². The normalized spacial score (nSPS) is 10.4. The van der Waals surface area contributed by atoms with Gasteiger partial charge in [0.2, 0.25) is 5.95 Å². The van der Waals surface area contributed by atoms with E-state index in [1.54, 1.807) is 0 Å². The third kappa shape index (κ3) is 4.45. The zero-order valence-electron chi connectivity index (χ0n) is 12.0. The first-order valence-corrected chi connectivity index (χ1v) is 6.43. The molecule has 0 aromatic carbocycles. The minimum absolute atomic E-state index is 0.759. The summed E-state index contributed by atoms with van der Waals surface area (Å²) >= 11 is 0. The molecule has 0 aliphatic rings. The number of rotatable bonds is 7. The molecule has 0 aliphatic heterocycles. The molecule has 0 saturated carbocycles. The molecule has 1 rings (SSSR count). The van der Waals surface area contributed by atoms with Crippen LogP contribution in [0.3, 0.4) is 0 Å². The van der Waals surface area contributed by atoms with Crippen LogP contribution in [0.25, 0.3) is 0 Å². The lowest BCUT2D eigenvalue weighted by Crippen LogP contribution is -2.22. The molecule has 0 saturated heterocycles. The van der Waals surface area contributed by atoms with Crippen LogP contribution in [0, 0.1) is 6.92 Å². The number of anilines is 1. The maximum Gasteiger partial charge on any atom is 0.225 e. The van der Waals surface area contributed by atoms with Crippen molar-refractivity contribution in [1.29, 1.82) is 0 Å². The van der Waals surface area contributed by atoms with Crippen LogP contribution < -0.4 is 10.2 Å². The second kappa shape index (κ2) is 7.11. The summed E-state index contributed by atoms with van der Waals surface area (Å²) < 4.78 is 0. The molecule has 0 atom stereocenters. The van der Waals surface area contributed by atoms with Crippen molar-refractivity contribution in [3.8, 4) is 0 Å². The van der Waals surface area contributed by atoms with Crippen molar-refractivity contribution < 1.29 is 0 Å². The van der Waals surface area contributed by atoms with Crippen molar-refractivity contribution in [1.82, 2.24) is 15.3 Å². The Morgan fingerprint density at radius 3 is 2.78 bits per heavy atom. The predicted molar refractivity (Wildman–Crippen MR) is 76.9 cm³/mol. The van der Waals surface area contributed by atoms with E-state index >= 15 is 0 Å². The molecule has 0 fully saturated rings. The summed E-state index contributed by atoms with van der Waals surface area (Å²) in [5, 5.41) is 3.37. The lowest BCUT2D eigenvalue weighted by atomic mass is 10.2. The van der Waals surface area contributed by atoms with E-state index in [1.165, 1.54) is 0 Å². The van der Waals surface area contributed by atoms with E-state index in [0.717, 1.165) is 48.8 Å². The van der Waals surface area contributed by atoms with Gasteiger partial charge in [-0.2, -0.15) is 0 Å². The number of aromatic nitrogens is 2. The summed E-state index contributed by atoms with van der Waals surface area (Å²) in [6, 6.07) is 0. The minimum Gasteiger partial charge on any atom is -0.340 e. The molecular weight excluding hydrogens is 224 g/mol. The zero-order valence-corrected chi connectivity index (χ0v) is 12.0. The predicted octanol–water partition coefficient (Wildman–Crippen LogP) is 2.30. The maximum absolute atomic E-state index is 4.54. The summed E-state index contributed by atoms with van der Waals surface area (Å²) in [6.45, 7) is 12.7. The number of likely N-dealkylation sites (N-methyl/N-ethyl adjacent to an activating group) is 1. The number of aryl methyl sites for hydroxylation is 1. The average Bonchev–Trinajstić information content (AvgIpc) is 2.30. The van der Waals surface area contributed by atoms with Gasteiger partial charge in [-0.3, -0.25) is 0 Å². The topological polar surface area (TPSA) is 41.1 Å². The van der Waals surface area contributed by atoms with E-state index in [-0.39, 0.29) is 0 Å². The van der Waals surface area contributed by atoms with Gasteiger partial charge in [0, 0.05) is 37.6 Å². The van der Waals surface area contributed by atoms with Gasteiger partial charge in [0.1, 0.15) is 0 Å². The smallest absolute Gasteiger partial charge is 0.225 e. The molecule has 1 aromatic rings. The van der Waals surface area contributed by atoms with Gasteiger partial charge in [0.15, 0.2) is 0 Å². The summed E-state index contributed by atoms with van der Waals surface area (Å²) in [6.07, 6.45) is 3.05. The van der Waals surface area contributed by atoms with Crippen molar-refractivity contribution in [2.24, 2.45) is 0 Å². The van der Waals surface area contributed by atoms with Gasteiger partial charge in [0.05, 0.1) is 0 Å². The molecule has 0 radical (unpaired) electrons. The van der Waals surface area contributed by atoms with E-state index < -0.39 is 0 Å². The monoisotopic (exact) mass is 248 g/mol. The van der Waals surface area contributed by atoms with Gasteiger partial charge in [0.25, 0.3) is 0 Å². The lowest BCUT2D eigenvalue weighted by Gasteiger charge is -2.18. The van der Waals surface area contributed by atoms with Gasteiger partial charge in [-0.25, -0.2) is 9.97 Å². The van der Waals surface area contributed by atoms with Crippen LogP contribution in [0.2, 0.25) is 0 Å². The van der Waals surface area contributed by atoms with Gasteiger partial charge in [-0.05, 0) is 26.8 Å². The third-order valence-electron chi connectivity index (χ3n) is 2.66. The van der Waals surface area contributed by atoms with Crippen molar-refractivity contribution in [2.45, 2.75) is 33.7 Å². The molecule has 4 nitrogen and oxygen atoms in total. The van der Waals surface area contributed by atoms with Crippen molar-refractivity contribution in [3.63, 3.8) is 0 Å². The summed E-state index contributed by atoms with van der Waals surface area (Å²) in [4.78, 5) is 11.0. The fraction of sp³-hybridized carbons (Fsp3) is 0.571. The van der Waals surface area contributed by atoms with Crippen LogP contribution in [0.15, 0.2) is 18.3 Å². The second-order valence-corrected chi connectivity index (χ2v) is 4.77. The second-order valence-electron chi connectivity index (χ2n) is 4.77. The first kappa shape index (κ1) is 14.6. The van der Waals surface area contributed by atoms with E-state index in [9.17, 15) is 0 Å². The Balaban J connectivity index is 2.69. The highest BCUT2D eigenvalue weighted by molar-refractivity contribution is 5.33. The molecule has 1 aromatic heterocycles. The molecule has 0 bridgehead atoms. The van der Waals surface area contributed by atoms with Gasteiger partial charge >= 0.3 is 0 Å². The SMILES string of the molecule is C=C(C)CN(C)c1ncc(CNCCC)c(C)n1. The third-order valence-corrected chi connectivity index (χ3v) is 2.66. The zero-order chi connectivity index (χ0) is 13.5.